The summed E-state index contributed by atoms with van der Waals surface area (Å²) in [5.74, 6) is -1.64. The first kappa shape index (κ1) is 15.7. The average molecular weight is 337 g/mol. The minimum Gasteiger partial charge on any atom is -0.446 e. The van der Waals surface area contributed by atoms with Gasteiger partial charge in [-0.1, -0.05) is 11.6 Å². The number of rotatable bonds is 5. The zero-order valence-corrected chi connectivity index (χ0v) is 12.4. The Hall–Kier alpha value is -1.64. The van der Waals surface area contributed by atoms with Crippen LogP contribution in [0.3, 0.4) is 0 Å². The molecule has 1 aromatic carbocycles. The molecule has 0 amide bonds. The van der Waals surface area contributed by atoms with E-state index < -0.39 is 37.5 Å². The van der Waals surface area contributed by atoms with Crippen LogP contribution in [-0.4, -0.2) is 15.5 Å². The molecule has 0 radical (unpaired) electrons. The molecular weight excluding hydrogens is 326 g/mol. The number of nitrogens with one attached hydrogen (secondary N) is 2. The maximum absolute atomic E-state index is 13.6. The molecule has 2 aromatic rings. The van der Waals surface area contributed by atoms with E-state index in [1.165, 1.54) is 12.1 Å². The molecule has 2 N–H and O–H groups in total. The Bertz CT molecular complexity index is 739. The van der Waals surface area contributed by atoms with Gasteiger partial charge in [-0.3, -0.25) is 4.72 Å². The fraction of sp³-hybridized carbons (Fsp3) is 0.167. The average Bonchev–Trinajstić information content (AvgIpc) is 2.84. The van der Waals surface area contributed by atoms with Crippen LogP contribution in [0.15, 0.2) is 33.8 Å². The standard InChI is InChI=1S/C12H11ClF2N2O3S/c1-16-6-8-2-3-11(20-8)21(18,19)17-12-9(13)4-7(14)5-10(12)15/h2-5,16-17H,6H2,1H3. The number of hydrogen-bond donors (Lipinski definition) is 2. The number of benzene rings is 1. The van der Waals surface area contributed by atoms with Gasteiger partial charge in [-0.2, -0.15) is 8.42 Å². The normalized spacial score (nSPS) is 11.6. The van der Waals surface area contributed by atoms with Gasteiger partial charge in [-0.05, 0) is 25.2 Å². The highest BCUT2D eigenvalue weighted by atomic mass is 35.5. The van der Waals surface area contributed by atoms with E-state index >= 15 is 0 Å². The molecule has 114 valence electrons. The van der Waals surface area contributed by atoms with E-state index in [0.29, 0.717) is 18.4 Å². The highest BCUT2D eigenvalue weighted by Crippen LogP contribution is 2.29. The Kier molecular flexibility index (Phi) is 4.50. The first-order valence-electron chi connectivity index (χ1n) is 5.74. The van der Waals surface area contributed by atoms with Crippen molar-refractivity contribution >= 4 is 27.3 Å². The lowest BCUT2D eigenvalue weighted by atomic mass is 10.3. The minimum absolute atomic E-state index is 0.335. The van der Waals surface area contributed by atoms with Crippen molar-refractivity contribution in [3.63, 3.8) is 0 Å². The van der Waals surface area contributed by atoms with Crippen LogP contribution in [0.4, 0.5) is 14.5 Å². The van der Waals surface area contributed by atoms with Crippen LogP contribution < -0.4 is 10.0 Å². The predicted molar refractivity (Wildman–Crippen MR) is 73.6 cm³/mol. The molecule has 0 spiro atoms. The van der Waals surface area contributed by atoms with Gasteiger partial charge < -0.3 is 9.73 Å². The summed E-state index contributed by atoms with van der Waals surface area (Å²) >= 11 is 5.64. The molecule has 21 heavy (non-hydrogen) atoms. The molecule has 0 bridgehead atoms. The van der Waals surface area contributed by atoms with Gasteiger partial charge in [0.15, 0.2) is 5.82 Å². The summed E-state index contributed by atoms with van der Waals surface area (Å²) in [5.41, 5.74) is -0.537. The maximum atomic E-state index is 13.6. The number of halogens is 3. The Balaban J connectivity index is 2.33. The van der Waals surface area contributed by atoms with Gasteiger partial charge in [0.05, 0.1) is 11.6 Å². The van der Waals surface area contributed by atoms with Crippen LogP contribution >= 0.6 is 11.6 Å². The van der Waals surface area contributed by atoms with Gasteiger partial charge in [0, 0.05) is 6.07 Å². The van der Waals surface area contributed by atoms with Crippen LogP contribution in [-0.2, 0) is 16.6 Å². The molecule has 9 heteroatoms. The van der Waals surface area contributed by atoms with Crippen molar-refractivity contribution in [1.29, 1.82) is 0 Å². The molecular formula is C12H11ClF2N2O3S. The molecule has 5 nitrogen and oxygen atoms in total. The third-order valence-electron chi connectivity index (χ3n) is 2.50. The second-order valence-electron chi connectivity index (χ2n) is 4.10. The van der Waals surface area contributed by atoms with Crippen molar-refractivity contribution in [3.8, 4) is 0 Å². The van der Waals surface area contributed by atoms with Gasteiger partial charge in [-0.15, -0.1) is 0 Å². The second kappa shape index (κ2) is 6.00. The largest absolute Gasteiger partial charge is 0.446 e. The van der Waals surface area contributed by atoms with E-state index in [9.17, 15) is 17.2 Å². The monoisotopic (exact) mass is 336 g/mol. The molecule has 0 aliphatic carbocycles. The number of sulfonamides is 1. The van der Waals surface area contributed by atoms with Gasteiger partial charge >= 0.3 is 0 Å². The molecule has 0 saturated heterocycles. The van der Waals surface area contributed by atoms with Crippen LogP contribution in [0.2, 0.25) is 5.02 Å². The quantitative estimate of drug-likeness (QED) is 0.880. The zero-order valence-electron chi connectivity index (χ0n) is 10.8. The number of anilines is 1. The van der Waals surface area contributed by atoms with Gasteiger partial charge in [0.2, 0.25) is 5.09 Å². The summed E-state index contributed by atoms with van der Waals surface area (Å²) < 4.78 is 57.7. The van der Waals surface area contributed by atoms with Crippen LogP contribution in [0.5, 0.6) is 0 Å². The summed E-state index contributed by atoms with van der Waals surface area (Å²) in [7, 11) is -2.49. The first-order chi connectivity index (χ1) is 9.83. The van der Waals surface area contributed by atoms with E-state index in [4.69, 9.17) is 16.0 Å². The SMILES string of the molecule is CNCc1ccc(S(=O)(=O)Nc2c(F)cc(F)cc2Cl)o1. The van der Waals surface area contributed by atoms with Crippen LogP contribution in [0, 0.1) is 11.6 Å². The zero-order chi connectivity index (χ0) is 15.6. The summed E-state index contributed by atoms with van der Waals surface area (Å²) in [6.45, 7) is 0.335. The lowest BCUT2D eigenvalue weighted by molar-refractivity contribution is 0.408. The highest BCUT2D eigenvalue weighted by molar-refractivity contribution is 7.92. The van der Waals surface area contributed by atoms with Crippen molar-refractivity contribution in [2.75, 3.05) is 11.8 Å². The molecule has 1 aromatic heterocycles. The lowest BCUT2D eigenvalue weighted by Gasteiger charge is -2.09. The highest BCUT2D eigenvalue weighted by Gasteiger charge is 2.22. The van der Waals surface area contributed by atoms with Crippen molar-refractivity contribution in [2.24, 2.45) is 0 Å². The molecule has 0 unspecified atom stereocenters. The minimum atomic E-state index is -4.16. The number of furan rings is 1. The Labute approximate surface area is 125 Å². The van der Waals surface area contributed by atoms with E-state index in [-0.39, 0.29) is 0 Å². The molecule has 2 rings (SSSR count). The van der Waals surface area contributed by atoms with Gasteiger partial charge in [0.25, 0.3) is 10.0 Å². The van der Waals surface area contributed by atoms with E-state index in [1.807, 2.05) is 4.72 Å². The van der Waals surface area contributed by atoms with E-state index in [0.717, 1.165) is 6.07 Å². The summed E-state index contributed by atoms with van der Waals surface area (Å²) in [6.07, 6.45) is 0. The Morgan fingerprint density at radius 3 is 2.62 bits per heavy atom. The van der Waals surface area contributed by atoms with Crippen molar-refractivity contribution in [3.05, 3.63) is 46.7 Å². The maximum Gasteiger partial charge on any atom is 0.295 e. The Morgan fingerprint density at radius 2 is 2.00 bits per heavy atom. The van der Waals surface area contributed by atoms with E-state index in [2.05, 4.69) is 5.32 Å². The summed E-state index contributed by atoms with van der Waals surface area (Å²) in [5, 5.41) is 2.00. The molecule has 0 fully saturated rings. The third-order valence-corrected chi connectivity index (χ3v) is 4.02. The topological polar surface area (TPSA) is 71.3 Å². The predicted octanol–water partition coefficient (Wildman–Crippen LogP) is 2.73. The van der Waals surface area contributed by atoms with Crippen molar-refractivity contribution < 1.29 is 21.6 Å². The molecule has 0 aliphatic heterocycles. The fourth-order valence-corrected chi connectivity index (χ4v) is 2.93. The third kappa shape index (κ3) is 3.52. The van der Waals surface area contributed by atoms with Gasteiger partial charge in [-0.25, -0.2) is 8.78 Å². The molecule has 1 heterocycles. The summed E-state index contributed by atoms with van der Waals surface area (Å²) in [6, 6.07) is 4.02. The molecule has 0 saturated carbocycles. The van der Waals surface area contributed by atoms with Crippen molar-refractivity contribution in [1.82, 2.24) is 5.32 Å². The smallest absolute Gasteiger partial charge is 0.295 e. The van der Waals surface area contributed by atoms with E-state index in [1.54, 1.807) is 7.05 Å². The lowest BCUT2D eigenvalue weighted by Crippen LogP contribution is -2.14. The Morgan fingerprint density at radius 1 is 1.29 bits per heavy atom. The van der Waals surface area contributed by atoms with Crippen LogP contribution in [0.25, 0.3) is 0 Å². The molecule has 0 aliphatic rings. The van der Waals surface area contributed by atoms with Crippen molar-refractivity contribution in [2.45, 2.75) is 11.6 Å². The van der Waals surface area contributed by atoms with Gasteiger partial charge in [0.1, 0.15) is 17.3 Å². The molecule has 0 atom stereocenters. The number of hydrogen-bond acceptors (Lipinski definition) is 4. The van der Waals surface area contributed by atoms with Crippen LogP contribution in [0.1, 0.15) is 5.76 Å². The fourth-order valence-electron chi connectivity index (χ4n) is 1.60. The second-order valence-corrected chi connectivity index (χ2v) is 6.12. The summed E-state index contributed by atoms with van der Waals surface area (Å²) in [4.78, 5) is 0. The first-order valence-corrected chi connectivity index (χ1v) is 7.60.